The smallest absolute Gasteiger partial charge is 0.105 e. The van der Waals surface area contributed by atoms with Gasteiger partial charge < -0.3 is 16.9 Å². The first-order valence-electron chi connectivity index (χ1n) is 6.59. The second kappa shape index (κ2) is 9.35. The van der Waals surface area contributed by atoms with E-state index in [4.69, 9.17) is 0 Å². The third-order valence-electron chi connectivity index (χ3n) is 3.28. The van der Waals surface area contributed by atoms with E-state index >= 15 is 0 Å². The number of rotatable bonds is 9. The van der Waals surface area contributed by atoms with Gasteiger partial charge in [-0.3, -0.25) is 0 Å². The van der Waals surface area contributed by atoms with E-state index in [2.05, 4.69) is 50.6 Å². The van der Waals surface area contributed by atoms with Gasteiger partial charge in [-0.15, -0.1) is 0 Å². The summed E-state index contributed by atoms with van der Waals surface area (Å²) in [5, 5.41) is 0. The Morgan fingerprint density at radius 3 is 1.60 bits per heavy atom. The lowest BCUT2D eigenvalue weighted by Gasteiger charge is -2.36. The molecule has 2 heteroatoms. The second-order valence-electron chi connectivity index (χ2n) is 4.86. The molecule has 0 unspecified atom stereocenters. The maximum absolute atomic E-state index is 3.88. The number of halogens is 1. The molecule has 0 aliphatic rings. The summed E-state index contributed by atoms with van der Waals surface area (Å²) in [6.45, 7) is 19.1. The number of quaternary nitrogens is 1. The van der Waals surface area contributed by atoms with Crippen LogP contribution in [0.3, 0.4) is 0 Å². The van der Waals surface area contributed by atoms with Crippen molar-refractivity contribution in [2.45, 2.75) is 6.54 Å². The van der Waals surface area contributed by atoms with Crippen molar-refractivity contribution in [1.29, 1.82) is 0 Å². The largest absolute Gasteiger partial charge is 1.00 e. The van der Waals surface area contributed by atoms with Gasteiger partial charge in [0.2, 0.25) is 0 Å². The molecule has 1 aromatic rings. The molecule has 0 fully saturated rings. The highest BCUT2D eigenvalue weighted by Gasteiger charge is 2.23. The predicted octanol–water partition coefficient (Wildman–Crippen LogP) is 1.21. The van der Waals surface area contributed by atoms with Gasteiger partial charge in [0, 0.05) is 5.56 Å². The van der Waals surface area contributed by atoms with E-state index in [-0.39, 0.29) is 12.4 Å². The average molecular weight is 290 g/mol. The van der Waals surface area contributed by atoms with Gasteiger partial charge in [0.05, 0.1) is 19.6 Å². The van der Waals surface area contributed by atoms with E-state index < -0.39 is 0 Å². The van der Waals surface area contributed by atoms with Crippen molar-refractivity contribution in [3.8, 4) is 0 Å². The van der Waals surface area contributed by atoms with Gasteiger partial charge >= 0.3 is 0 Å². The summed E-state index contributed by atoms with van der Waals surface area (Å²) in [7, 11) is 0. The minimum Gasteiger partial charge on any atom is -1.00 e. The van der Waals surface area contributed by atoms with Crippen LogP contribution in [0.4, 0.5) is 0 Å². The van der Waals surface area contributed by atoms with Crippen molar-refractivity contribution in [2.24, 2.45) is 0 Å². The number of hydrogen-bond donors (Lipinski definition) is 0. The van der Waals surface area contributed by atoms with Crippen LogP contribution < -0.4 is 12.4 Å². The van der Waals surface area contributed by atoms with Gasteiger partial charge in [-0.25, -0.2) is 0 Å². The molecule has 0 N–H and O–H groups in total. The maximum atomic E-state index is 3.88. The molecule has 1 aromatic carbocycles. The van der Waals surface area contributed by atoms with E-state index in [9.17, 15) is 0 Å². The number of benzene rings is 1. The first kappa shape index (κ1) is 18.4. The molecule has 0 aliphatic heterocycles. The van der Waals surface area contributed by atoms with Crippen LogP contribution in [-0.4, -0.2) is 24.1 Å². The summed E-state index contributed by atoms with van der Waals surface area (Å²) >= 11 is 0. The third-order valence-corrected chi connectivity index (χ3v) is 3.28. The fraction of sp³-hybridized carbons (Fsp3) is 0.222. The first-order chi connectivity index (χ1) is 9.19. The summed E-state index contributed by atoms with van der Waals surface area (Å²) in [6, 6.07) is 8.54. The highest BCUT2D eigenvalue weighted by atomic mass is 35.5. The Morgan fingerprint density at radius 1 is 0.800 bits per heavy atom. The Hall–Kier alpha value is -1.57. The van der Waals surface area contributed by atoms with Gasteiger partial charge in [-0.2, -0.15) is 0 Å². The summed E-state index contributed by atoms with van der Waals surface area (Å²) in [5.74, 6) is 0. The Bertz CT molecular complexity index is 418. The molecule has 0 bridgehead atoms. The molecule has 108 valence electrons. The number of hydrogen-bond acceptors (Lipinski definition) is 0. The summed E-state index contributed by atoms with van der Waals surface area (Å²) in [6.07, 6.45) is 7.80. The monoisotopic (exact) mass is 289 g/mol. The molecule has 0 amide bonds. The molecule has 1 nitrogen and oxygen atoms in total. The van der Waals surface area contributed by atoms with Gasteiger partial charge in [0.15, 0.2) is 0 Å². The highest BCUT2D eigenvalue weighted by molar-refractivity contribution is 5.47. The predicted molar refractivity (Wildman–Crippen MR) is 85.7 cm³/mol. The standard InChI is InChI=1S/C18H24N.ClH/c1-5-13-19(14-6-2,15-7-3)16-18-11-9-17(8-4)10-12-18;/h5-12H,1-4,13-16H2;1H/q+1;/p-1. The highest BCUT2D eigenvalue weighted by Crippen LogP contribution is 2.16. The maximum Gasteiger partial charge on any atom is 0.105 e. The van der Waals surface area contributed by atoms with Crippen LogP contribution >= 0.6 is 0 Å². The average Bonchev–Trinajstić information content (AvgIpc) is 2.40. The molecule has 0 spiro atoms. The zero-order valence-electron chi connectivity index (χ0n) is 12.1. The molecular weight excluding hydrogens is 266 g/mol. The lowest BCUT2D eigenvalue weighted by atomic mass is 10.1. The Morgan fingerprint density at radius 2 is 1.25 bits per heavy atom. The molecule has 0 saturated heterocycles. The van der Waals surface area contributed by atoms with E-state index in [0.29, 0.717) is 0 Å². The van der Waals surface area contributed by atoms with Gasteiger partial charge in [0.25, 0.3) is 0 Å². The molecule has 0 radical (unpaired) electrons. The minimum atomic E-state index is 0. The number of nitrogens with zero attached hydrogens (tertiary/aromatic N) is 1. The molecule has 0 atom stereocenters. The molecule has 0 aromatic heterocycles. The van der Waals surface area contributed by atoms with Crippen molar-refractivity contribution >= 4 is 6.08 Å². The molecule has 1 rings (SSSR count). The van der Waals surface area contributed by atoms with Gasteiger partial charge in [0.1, 0.15) is 6.54 Å². The van der Waals surface area contributed by atoms with Crippen molar-refractivity contribution in [1.82, 2.24) is 0 Å². The first-order valence-corrected chi connectivity index (χ1v) is 6.59. The van der Waals surface area contributed by atoms with E-state index in [1.807, 2.05) is 24.3 Å². The Kier molecular flexibility index (Phi) is 8.62. The summed E-state index contributed by atoms with van der Waals surface area (Å²) < 4.78 is 0.893. The SMILES string of the molecule is C=CC[N+](CC=C)(CC=C)Cc1ccc(C=C)cc1.[Cl-]. The van der Waals surface area contributed by atoms with Crippen LogP contribution in [0.2, 0.25) is 0 Å². The van der Waals surface area contributed by atoms with Crippen LogP contribution in [0.15, 0.2) is 68.8 Å². The molecule has 0 aliphatic carbocycles. The quantitative estimate of drug-likeness (QED) is 0.474. The van der Waals surface area contributed by atoms with Crippen LogP contribution in [0.25, 0.3) is 6.08 Å². The lowest BCUT2D eigenvalue weighted by Crippen LogP contribution is -3.00. The van der Waals surface area contributed by atoms with Crippen molar-refractivity contribution in [3.05, 3.63) is 79.9 Å². The van der Waals surface area contributed by atoms with Crippen LogP contribution in [0.1, 0.15) is 11.1 Å². The van der Waals surface area contributed by atoms with Crippen molar-refractivity contribution in [3.63, 3.8) is 0 Å². The topological polar surface area (TPSA) is 0 Å². The van der Waals surface area contributed by atoms with Crippen LogP contribution in [0.5, 0.6) is 0 Å². The van der Waals surface area contributed by atoms with Gasteiger partial charge in [-0.05, 0) is 23.8 Å². The molecular formula is C18H24ClN. The van der Waals surface area contributed by atoms with Crippen molar-refractivity contribution < 1.29 is 16.9 Å². The molecule has 0 heterocycles. The van der Waals surface area contributed by atoms with E-state index in [1.54, 1.807) is 0 Å². The fourth-order valence-electron chi connectivity index (χ4n) is 2.39. The zero-order chi connectivity index (χ0) is 14.1. The normalized spacial score (nSPS) is 10.2. The lowest BCUT2D eigenvalue weighted by molar-refractivity contribution is -0.924. The third kappa shape index (κ3) is 5.20. The molecule has 20 heavy (non-hydrogen) atoms. The van der Waals surface area contributed by atoms with Crippen LogP contribution in [-0.2, 0) is 6.54 Å². The zero-order valence-corrected chi connectivity index (χ0v) is 12.9. The minimum absolute atomic E-state index is 0. The summed E-state index contributed by atoms with van der Waals surface area (Å²) in [4.78, 5) is 0. The van der Waals surface area contributed by atoms with E-state index in [1.165, 1.54) is 5.56 Å². The Balaban J connectivity index is 0.00000361. The fourth-order valence-corrected chi connectivity index (χ4v) is 2.39. The van der Waals surface area contributed by atoms with Crippen LogP contribution in [0, 0.1) is 0 Å². The Labute approximate surface area is 129 Å². The molecule has 0 saturated carbocycles. The van der Waals surface area contributed by atoms with Crippen molar-refractivity contribution in [2.75, 3.05) is 19.6 Å². The van der Waals surface area contributed by atoms with Gasteiger partial charge in [-0.1, -0.05) is 56.7 Å². The van der Waals surface area contributed by atoms with E-state index in [0.717, 1.165) is 36.2 Å². The second-order valence-corrected chi connectivity index (χ2v) is 4.86. The summed E-state index contributed by atoms with van der Waals surface area (Å²) in [5.41, 5.74) is 2.47.